The van der Waals surface area contributed by atoms with Crippen molar-refractivity contribution < 1.29 is 18.7 Å². The van der Waals surface area contributed by atoms with Crippen LogP contribution in [-0.4, -0.2) is 30.3 Å². The number of ether oxygens (including phenoxy) is 2. The van der Waals surface area contributed by atoms with E-state index in [1.807, 2.05) is 48.5 Å². The van der Waals surface area contributed by atoms with Crippen LogP contribution in [0.2, 0.25) is 5.02 Å². The summed E-state index contributed by atoms with van der Waals surface area (Å²) in [4.78, 5) is 14.7. The first kappa shape index (κ1) is 22.3. The summed E-state index contributed by atoms with van der Waals surface area (Å²) in [7, 11) is 1.60. The minimum Gasteiger partial charge on any atom is -0.493 e. The van der Waals surface area contributed by atoms with Gasteiger partial charge in [-0.3, -0.25) is 0 Å². The number of carbonyl (C=O) groups excluding carboxylic acids is 1. The number of carbonyl (C=O) groups is 1. The second-order valence-corrected chi connectivity index (χ2v) is 8.76. The van der Waals surface area contributed by atoms with Crippen molar-refractivity contribution in [3.05, 3.63) is 88.7 Å². The zero-order valence-electron chi connectivity index (χ0n) is 17.4. The topological polar surface area (TPSA) is 50.8 Å². The Labute approximate surface area is 195 Å². The molecule has 1 aliphatic rings. The Morgan fingerprint density at radius 2 is 1.97 bits per heavy atom. The van der Waals surface area contributed by atoms with E-state index in [4.69, 9.17) is 21.1 Å². The second-order valence-electron chi connectivity index (χ2n) is 7.16. The highest BCUT2D eigenvalue weighted by atomic mass is 35.5. The van der Waals surface area contributed by atoms with E-state index in [2.05, 4.69) is 5.32 Å². The molecule has 8 heteroatoms. The molecule has 2 amide bonds. The predicted molar refractivity (Wildman–Crippen MR) is 126 cm³/mol. The quantitative estimate of drug-likeness (QED) is 0.454. The maximum Gasteiger partial charge on any atom is 0.323 e. The molecule has 0 radical (unpaired) electrons. The van der Waals surface area contributed by atoms with Crippen molar-refractivity contribution in [2.45, 2.75) is 12.0 Å². The Hall–Kier alpha value is -2.90. The number of anilines is 1. The average molecular weight is 473 g/mol. The fourth-order valence-corrected chi connectivity index (χ4v) is 4.84. The highest BCUT2D eigenvalue weighted by Crippen LogP contribution is 2.41. The van der Waals surface area contributed by atoms with Crippen LogP contribution < -0.4 is 14.8 Å². The van der Waals surface area contributed by atoms with Crippen LogP contribution in [0, 0.1) is 5.82 Å². The van der Waals surface area contributed by atoms with Crippen molar-refractivity contribution in [3.63, 3.8) is 0 Å². The van der Waals surface area contributed by atoms with Crippen molar-refractivity contribution in [2.24, 2.45) is 0 Å². The van der Waals surface area contributed by atoms with E-state index in [9.17, 15) is 9.18 Å². The third-order valence-electron chi connectivity index (χ3n) is 5.03. The molecule has 32 heavy (non-hydrogen) atoms. The molecule has 1 N–H and O–H groups in total. The first-order valence-corrected chi connectivity index (χ1v) is 11.5. The number of methoxy groups -OCH3 is 1. The van der Waals surface area contributed by atoms with Crippen molar-refractivity contribution in [2.75, 3.05) is 24.7 Å². The maximum atomic E-state index is 13.4. The number of nitrogens with zero attached hydrogens (tertiary/aromatic N) is 1. The number of thioether (sulfide) groups is 1. The van der Waals surface area contributed by atoms with Crippen molar-refractivity contribution in [3.8, 4) is 11.5 Å². The number of urea groups is 1. The Bertz CT molecular complexity index is 1100. The van der Waals surface area contributed by atoms with Gasteiger partial charge >= 0.3 is 6.03 Å². The van der Waals surface area contributed by atoms with Gasteiger partial charge in [0.2, 0.25) is 0 Å². The normalized spacial score (nSPS) is 15.5. The molecule has 1 atom stereocenters. The molecule has 0 aromatic heterocycles. The Balaban J connectivity index is 1.51. The molecule has 0 bridgehead atoms. The molecular formula is C24H22ClFN2O3S. The monoisotopic (exact) mass is 472 g/mol. The highest BCUT2D eigenvalue weighted by Gasteiger charge is 2.31. The van der Waals surface area contributed by atoms with E-state index in [1.165, 1.54) is 18.2 Å². The van der Waals surface area contributed by atoms with Gasteiger partial charge in [-0.05, 0) is 41.5 Å². The fourth-order valence-electron chi connectivity index (χ4n) is 3.42. The maximum absolute atomic E-state index is 13.4. The Kier molecular flexibility index (Phi) is 7.07. The molecule has 4 rings (SSSR count). The molecule has 1 aliphatic heterocycles. The minimum absolute atomic E-state index is 0.0366. The van der Waals surface area contributed by atoms with E-state index in [0.717, 1.165) is 16.9 Å². The van der Waals surface area contributed by atoms with Crippen LogP contribution in [0.1, 0.15) is 16.5 Å². The van der Waals surface area contributed by atoms with Gasteiger partial charge in [0.05, 0.1) is 12.1 Å². The number of halogens is 2. The Morgan fingerprint density at radius 3 is 2.72 bits per heavy atom. The third-order valence-corrected chi connectivity index (χ3v) is 6.58. The summed E-state index contributed by atoms with van der Waals surface area (Å²) in [5.74, 6) is 1.52. The number of nitrogens with one attached hydrogen (secondary N) is 1. The summed E-state index contributed by atoms with van der Waals surface area (Å²) in [6, 6.07) is 19.4. The first-order chi connectivity index (χ1) is 15.5. The van der Waals surface area contributed by atoms with E-state index >= 15 is 0 Å². The molecule has 5 nitrogen and oxygen atoms in total. The van der Waals surface area contributed by atoms with Gasteiger partial charge in [0, 0.05) is 18.0 Å². The molecule has 0 aliphatic carbocycles. The van der Waals surface area contributed by atoms with Crippen molar-refractivity contribution >= 4 is 35.1 Å². The van der Waals surface area contributed by atoms with Crippen molar-refractivity contribution in [1.29, 1.82) is 0 Å². The van der Waals surface area contributed by atoms with Crippen LogP contribution in [0.15, 0.2) is 66.7 Å². The van der Waals surface area contributed by atoms with Crippen LogP contribution in [0.5, 0.6) is 11.5 Å². The van der Waals surface area contributed by atoms with Gasteiger partial charge in [0.15, 0.2) is 11.5 Å². The smallest absolute Gasteiger partial charge is 0.323 e. The lowest BCUT2D eigenvalue weighted by molar-refractivity contribution is 0.214. The number of hydrogen-bond donors (Lipinski definition) is 1. The molecule has 1 saturated heterocycles. The number of hydrogen-bond acceptors (Lipinski definition) is 4. The molecule has 1 heterocycles. The Morgan fingerprint density at radius 1 is 1.16 bits per heavy atom. The number of rotatable bonds is 6. The minimum atomic E-state index is -0.527. The molecular weight excluding hydrogens is 451 g/mol. The van der Waals surface area contributed by atoms with Crippen molar-refractivity contribution in [1.82, 2.24) is 4.90 Å². The van der Waals surface area contributed by atoms with Gasteiger partial charge in [-0.25, -0.2) is 9.18 Å². The lowest BCUT2D eigenvalue weighted by Crippen LogP contribution is -2.34. The van der Waals surface area contributed by atoms with E-state index < -0.39 is 5.82 Å². The van der Waals surface area contributed by atoms with Gasteiger partial charge in [-0.1, -0.05) is 48.0 Å². The van der Waals surface area contributed by atoms with Crippen LogP contribution in [0.25, 0.3) is 0 Å². The zero-order chi connectivity index (χ0) is 22.5. The van der Waals surface area contributed by atoms with Gasteiger partial charge < -0.3 is 19.7 Å². The summed E-state index contributed by atoms with van der Waals surface area (Å²) in [5.41, 5.74) is 2.43. The molecule has 3 aromatic rings. The largest absolute Gasteiger partial charge is 0.493 e. The fraction of sp³-hybridized carbons (Fsp3) is 0.208. The van der Waals surface area contributed by atoms with Gasteiger partial charge in [0.1, 0.15) is 17.8 Å². The second kappa shape index (κ2) is 10.1. The van der Waals surface area contributed by atoms with Gasteiger partial charge in [0.25, 0.3) is 0 Å². The summed E-state index contributed by atoms with van der Waals surface area (Å²) in [6.45, 7) is 0.996. The van der Waals surface area contributed by atoms with Crippen LogP contribution in [0.4, 0.5) is 14.9 Å². The van der Waals surface area contributed by atoms with Crippen LogP contribution >= 0.6 is 23.4 Å². The lowest BCUT2D eigenvalue weighted by atomic mass is 10.1. The summed E-state index contributed by atoms with van der Waals surface area (Å²) < 4.78 is 24.9. The highest BCUT2D eigenvalue weighted by molar-refractivity contribution is 7.99. The SMILES string of the molecule is COc1ccc(C2SCCN2C(=O)Nc2ccc(F)c(Cl)c2)cc1OCc1ccccc1. The van der Waals surface area contributed by atoms with Gasteiger partial charge in [-0.15, -0.1) is 11.8 Å². The summed E-state index contributed by atoms with van der Waals surface area (Å²) >= 11 is 7.50. The van der Waals surface area contributed by atoms with Crippen LogP contribution in [0.3, 0.4) is 0 Å². The molecule has 0 saturated carbocycles. The molecule has 166 valence electrons. The third kappa shape index (κ3) is 5.11. The number of amides is 2. The molecule has 3 aromatic carbocycles. The van der Waals surface area contributed by atoms with Crippen LogP contribution in [-0.2, 0) is 6.61 Å². The first-order valence-electron chi connectivity index (χ1n) is 10.0. The average Bonchev–Trinajstić information content (AvgIpc) is 3.31. The lowest BCUT2D eigenvalue weighted by Gasteiger charge is -2.25. The summed E-state index contributed by atoms with van der Waals surface area (Å²) in [6.07, 6.45) is 0. The van der Waals surface area contributed by atoms with E-state index in [0.29, 0.717) is 30.3 Å². The van der Waals surface area contributed by atoms with E-state index in [-0.39, 0.29) is 16.4 Å². The number of benzene rings is 3. The summed E-state index contributed by atoms with van der Waals surface area (Å²) in [5, 5.41) is 2.58. The predicted octanol–water partition coefficient (Wildman–Crippen LogP) is 6.35. The van der Waals surface area contributed by atoms with Gasteiger partial charge in [-0.2, -0.15) is 0 Å². The standard InChI is InChI=1S/C24H22ClFN2O3S/c1-30-21-10-7-17(13-22(21)31-15-16-5-3-2-4-6-16)23-28(11-12-32-23)24(29)27-18-8-9-20(26)19(25)14-18/h2-10,13-14,23H,11-12,15H2,1H3,(H,27,29). The van der Waals surface area contributed by atoms with E-state index in [1.54, 1.807) is 23.8 Å². The molecule has 1 fully saturated rings. The zero-order valence-corrected chi connectivity index (χ0v) is 19.0. The molecule has 1 unspecified atom stereocenters. The molecule has 0 spiro atoms.